The van der Waals surface area contributed by atoms with Crippen molar-refractivity contribution < 1.29 is 9.59 Å². The summed E-state index contributed by atoms with van der Waals surface area (Å²) in [6.07, 6.45) is 2.08. The highest BCUT2D eigenvalue weighted by Gasteiger charge is 2.12. The van der Waals surface area contributed by atoms with Crippen molar-refractivity contribution in [2.45, 2.75) is 12.8 Å². The molecular formula is C9H17INO+. The van der Waals surface area contributed by atoms with Crippen LogP contribution in [0.2, 0.25) is 0 Å². The van der Waals surface area contributed by atoms with E-state index in [1.807, 2.05) is 0 Å². The minimum atomic E-state index is 0.269. The second kappa shape index (κ2) is 6.70. The van der Waals surface area contributed by atoms with Crippen molar-refractivity contribution in [1.29, 1.82) is 0 Å². The maximum atomic E-state index is 8.76. The van der Waals surface area contributed by atoms with Crippen LogP contribution in [-0.4, -0.2) is 43.4 Å². The maximum absolute atomic E-state index is 8.76. The van der Waals surface area contributed by atoms with E-state index in [0.717, 1.165) is 30.4 Å². The van der Waals surface area contributed by atoms with Crippen molar-refractivity contribution in [2.24, 2.45) is 0 Å². The third-order valence-electron chi connectivity index (χ3n) is 1.84. The number of halogens is 1. The molecule has 0 unspecified atom stereocenters. The predicted octanol–water partition coefficient (Wildman–Crippen LogP) is 1.23. The number of nitrogens with zero attached hydrogens (tertiary/aromatic N) is 1. The molecule has 0 saturated heterocycles. The molecule has 2 nitrogen and oxygen atoms in total. The van der Waals surface area contributed by atoms with Gasteiger partial charge in [0, 0.05) is 35.4 Å². The largest absolute Gasteiger partial charge is 0.391 e. The number of rotatable bonds is 5. The standard InChI is InChI=1S/C9H17INO/c1-11(2,8-9-12)7-5-3-4-6-10/h12H,3,5,7-9H2,1-2H3/q+1. The highest BCUT2D eigenvalue weighted by Crippen LogP contribution is 2.00. The zero-order valence-electron chi connectivity index (χ0n) is 7.81. The van der Waals surface area contributed by atoms with Gasteiger partial charge in [-0.3, -0.25) is 0 Å². The first kappa shape index (κ1) is 12.2. The van der Waals surface area contributed by atoms with Crippen LogP contribution in [0.15, 0.2) is 0 Å². The average Bonchev–Trinajstić information content (AvgIpc) is 1.98. The SMILES string of the molecule is C[N+](C)(CCO)CCCC#CI. The summed E-state index contributed by atoms with van der Waals surface area (Å²) < 4.78 is 3.74. The highest BCUT2D eigenvalue weighted by atomic mass is 127. The van der Waals surface area contributed by atoms with E-state index in [4.69, 9.17) is 5.11 Å². The van der Waals surface area contributed by atoms with E-state index < -0.39 is 0 Å². The second-order valence-electron chi connectivity index (χ2n) is 3.48. The molecule has 0 bridgehead atoms. The van der Waals surface area contributed by atoms with Crippen LogP contribution in [0.5, 0.6) is 0 Å². The fraction of sp³-hybridized carbons (Fsp3) is 0.778. The zero-order valence-corrected chi connectivity index (χ0v) is 9.97. The zero-order chi connectivity index (χ0) is 9.45. The monoisotopic (exact) mass is 282 g/mol. The smallest absolute Gasteiger partial charge is 0.102 e. The lowest BCUT2D eigenvalue weighted by atomic mass is 10.3. The second-order valence-corrected chi connectivity index (χ2v) is 4.02. The molecule has 0 aromatic carbocycles. The van der Waals surface area contributed by atoms with Gasteiger partial charge in [-0.25, -0.2) is 0 Å². The van der Waals surface area contributed by atoms with Gasteiger partial charge in [-0.1, -0.05) is 5.92 Å². The summed E-state index contributed by atoms with van der Waals surface area (Å²) in [6.45, 7) is 2.19. The number of quaternary nitrogens is 1. The fourth-order valence-electron chi connectivity index (χ4n) is 1.03. The quantitative estimate of drug-likeness (QED) is 0.348. The maximum Gasteiger partial charge on any atom is 0.102 e. The Kier molecular flexibility index (Phi) is 6.81. The number of hydrogen-bond donors (Lipinski definition) is 1. The van der Waals surface area contributed by atoms with Crippen LogP contribution in [0, 0.1) is 9.85 Å². The molecule has 0 aliphatic heterocycles. The summed E-state index contributed by atoms with van der Waals surface area (Å²) in [5, 5.41) is 8.76. The molecule has 0 saturated carbocycles. The van der Waals surface area contributed by atoms with Crippen LogP contribution >= 0.6 is 22.6 Å². The normalized spacial score (nSPS) is 10.7. The van der Waals surface area contributed by atoms with Gasteiger partial charge in [0.2, 0.25) is 0 Å². The molecule has 0 rings (SSSR count). The lowest BCUT2D eigenvalue weighted by molar-refractivity contribution is -0.890. The molecule has 0 amide bonds. The number of aliphatic hydroxyl groups excluding tert-OH is 1. The third-order valence-corrected chi connectivity index (χ3v) is 2.22. The van der Waals surface area contributed by atoms with E-state index in [1.54, 1.807) is 0 Å². The Morgan fingerprint density at radius 1 is 1.33 bits per heavy atom. The van der Waals surface area contributed by atoms with Gasteiger partial charge in [-0.05, 0) is 3.93 Å². The molecule has 70 valence electrons. The lowest BCUT2D eigenvalue weighted by Crippen LogP contribution is -2.42. The molecule has 0 aromatic rings. The van der Waals surface area contributed by atoms with Crippen LogP contribution in [-0.2, 0) is 0 Å². The molecule has 0 spiro atoms. The summed E-state index contributed by atoms with van der Waals surface area (Å²) in [6, 6.07) is 0. The van der Waals surface area contributed by atoms with E-state index in [0.29, 0.717) is 0 Å². The van der Waals surface area contributed by atoms with Crippen molar-refractivity contribution in [3.05, 3.63) is 0 Å². The first-order valence-corrected chi connectivity index (χ1v) is 5.21. The first-order chi connectivity index (χ1) is 5.62. The number of unbranched alkanes of at least 4 members (excludes halogenated alkanes) is 1. The topological polar surface area (TPSA) is 20.2 Å². The van der Waals surface area contributed by atoms with Crippen molar-refractivity contribution >= 4 is 22.6 Å². The van der Waals surface area contributed by atoms with Gasteiger partial charge in [-0.2, -0.15) is 0 Å². The van der Waals surface area contributed by atoms with Crippen LogP contribution in [0.1, 0.15) is 12.8 Å². The van der Waals surface area contributed by atoms with Gasteiger partial charge in [0.1, 0.15) is 6.54 Å². The van der Waals surface area contributed by atoms with Gasteiger partial charge < -0.3 is 9.59 Å². The van der Waals surface area contributed by atoms with E-state index in [2.05, 4.69) is 46.5 Å². The first-order valence-electron chi connectivity index (χ1n) is 4.14. The average molecular weight is 282 g/mol. The van der Waals surface area contributed by atoms with E-state index in [1.165, 1.54) is 0 Å². The van der Waals surface area contributed by atoms with Crippen LogP contribution in [0.25, 0.3) is 0 Å². The van der Waals surface area contributed by atoms with E-state index in [-0.39, 0.29) is 6.61 Å². The summed E-state index contributed by atoms with van der Waals surface area (Å²) in [4.78, 5) is 0. The fourth-order valence-corrected chi connectivity index (χ4v) is 1.29. The molecule has 0 heterocycles. The minimum Gasteiger partial charge on any atom is -0.391 e. The van der Waals surface area contributed by atoms with Gasteiger partial charge in [0.25, 0.3) is 0 Å². The van der Waals surface area contributed by atoms with Gasteiger partial charge in [-0.15, -0.1) is 0 Å². The molecule has 0 aliphatic carbocycles. The molecule has 0 fully saturated rings. The van der Waals surface area contributed by atoms with Crippen LogP contribution in [0.4, 0.5) is 0 Å². The molecule has 1 N–H and O–H groups in total. The van der Waals surface area contributed by atoms with E-state index in [9.17, 15) is 0 Å². The van der Waals surface area contributed by atoms with Crippen molar-refractivity contribution in [2.75, 3.05) is 33.8 Å². The Bertz CT molecular complexity index is 169. The molecule has 0 atom stereocenters. The molecule has 12 heavy (non-hydrogen) atoms. The van der Waals surface area contributed by atoms with E-state index >= 15 is 0 Å². The predicted molar refractivity (Wildman–Crippen MR) is 60.0 cm³/mol. The number of aliphatic hydroxyl groups is 1. The Morgan fingerprint density at radius 2 is 2.00 bits per heavy atom. The summed E-state index contributed by atoms with van der Waals surface area (Å²) in [7, 11) is 4.27. The number of likely N-dealkylation sites (N-methyl/N-ethyl adjacent to an activating group) is 1. The third kappa shape index (κ3) is 6.89. The Hall–Kier alpha value is 0.210. The van der Waals surface area contributed by atoms with Crippen molar-refractivity contribution in [1.82, 2.24) is 0 Å². The van der Waals surface area contributed by atoms with Crippen molar-refractivity contribution in [3.8, 4) is 9.85 Å². The molecule has 0 aliphatic rings. The summed E-state index contributed by atoms with van der Waals surface area (Å²) >= 11 is 2.06. The summed E-state index contributed by atoms with van der Waals surface area (Å²) in [5.41, 5.74) is 0. The van der Waals surface area contributed by atoms with Crippen LogP contribution < -0.4 is 0 Å². The molecule has 0 aromatic heterocycles. The van der Waals surface area contributed by atoms with Gasteiger partial charge in [0.05, 0.1) is 27.2 Å². The Morgan fingerprint density at radius 3 is 2.50 bits per heavy atom. The van der Waals surface area contributed by atoms with Crippen molar-refractivity contribution in [3.63, 3.8) is 0 Å². The lowest BCUT2D eigenvalue weighted by Gasteiger charge is -2.28. The highest BCUT2D eigenvalue weighted by molar-refractivity contribution is 14.1. The van der Waals surface area contributed by atoms with Gasteiger partial charge in [0.15, 0.2) is 0 Å². The Labute approximate surface area is 88.7 Å². The molecule has 3 heteroatoms. The Balaban J connectivity index is 3.51. The minimum absolute atomic E-state index is 0.269. The number of hydrogen-bond acceptors (Lipinski definition) is 1. The summed E-state index contributed by atoms with van der Waals surface area (Å²) in [5.74, 6) is 3.03. The van der Waals surface area contributed by atoms with Gasteiger partial charge >= 0.3 is 0 Å². The molecular weight excluding hydrogens is 265 g/mol. The van der Waals surface area contributed by atoms with Crippen LogP contribution in [0.3, 0.4) is 0 Å². The molecule has 0 radical (unpaired) electrons.